The molecular weight excluding hydrogens is 570 g/mol. The van der Waals surface area contributed by atoms with E-state index in [0.29, 0.717) is 24.0 Å². The standard InChI is InChI=1S/C30H43N7O7/c1-3-17(2)25(28(42)36-24(29(43)44)16-19-8-12-21(39)13-9-19)37-27(41)23(15-18-6-10-20(38)11-7-18)35-26(40)22(31)5-4-14-34-30(32)33/h6-13,17,22-25,38-39H,3-5,14-16,31H2,1-2H3,(H,35,40)(H,36,42)(H,37,41)(H,43,44)(H4,32,33,34). The van der Waals surface area contributed by atoms with Gasteiger partial charge in [0, 0.05) is 19.4 Å². The zero-order chi connectivity index (χ0) is 32.8. The maximum absolute atomic E-state index is 13.6. The fourth-order valence-corrected chi connectivity index (χ4v) is 4.29. The maximum Gasteiger partial charge on any atom is 0.326 e. The Morgan fingerprint density at radius 2 is 1.30 bits per heavy atom. The molecule has 0 aliphatic rings. The monoisotopic (exact) mass is 613 g/mol. The lowest BCUT2D eigenvalue weighted by Gasteiger charge is -2.28. The van der Waals surface area contributed by atoms with Crippen molar-refractivity contribution in [1.29, 1.82) is 0 Å². The minimum absolute atomic E-state index is 0.0186. The second-order valence-corrected chi connectivity index (χ2v) is 10.6. The van der Waals surface area contributed by atoms with E-state index in [-0.39, 0.29) is 43.3 Å². The topological polar surface area (TPSA) is 255 Å². The summed E-state index contributed by atoms with van der Waals surface area (Å²) in [4.78, 5) is 55.8. The van der Waals surface area contributed by atoms with Crippen LogP contribution in [0.1, 0.15) is 44.2 Å². The van der Waals surface area contributed by atoms with Gasteiger partial charge in [0.05, 0.1) is 6.04 Å². The van der Waals surface area contributed by atoms with Gasteiger partial charge in [-0.05, 0) is 54.2 Å². The quantitative estimate of drug-likeness (QED) is 0.0647. The van der Waals surface area contributed by atoms with Crippen LogP contribution < -0.4 is 33.2 Å². The van der Waals surface area contributed by atoms with Crippen molar-refractivity contribution >= 4 is 29.7 Å². The van der Waals surface area contributed by atoms with Crippen molar-refractivity contribution in [2.24, 2.45) is 28.1 Å². The van der Waals surface area contributed by atoms with Crippen LogP contribution in [-0.4, -0.2) is 75.7 Å². The molecule has 0 radical (unpaired) electrons. The molecule has 0 bridgehead atoms. The van der Waals surface area contributed by atoms with Gasteiger partial charge in [-0.1, -0.05) is 44.5 Å². The summed E-state index contributed by atoms with van der Waals surface area (Å²) >= 11 is 0. The van der Waals surface area contributed by atoms with E-state index in [1.54, 1.807) is 31.2 Å². The molecule has 0 aliphatic carbocycles. The Hall–Kier alpha value is -4.85. The van der Waals surface area contributed by atoms with Crippen LogP contribution in [0.4, 0.5) is 0 Å². The molecule has 3 amide bonds. The second-order valence-electron chi connectivity index (χ2n) is 10.6. The van der Waals surface area contributed by atoms with Gasteiger partial charge in [0.25, 0.3) is 0 Å². The zero-order valence-electron chi connectivity index (χ0n) is 24.9. The molecule has 0 saturated heterocycles. The van der Waals surface area contributed by atoms with Crippen molar-refractivity contribution in [2.75, 3.05) is 6.54 Å². The third kappa shape index (κ3) is 11.8. The summed E-state index contributed by atoms with van der Waals surface area (Å²) in [5, 5.41) is 36.8. The molecule has 14 nitrogen and oxygen atoms in total. The average molecular weight is 614 g/mol. The molecule has 44 heavy (non-hydrogen) atoms. The average Bonchev–Trinajstić information content (AvgIpc) is 2.98. The number of aliphatic carboxylic acids is 1. The van der Waals surface area contributed by atoms with Crippen molar-refractivity contribution in [3.63, 3.8) is 0 Å². The molecule has 0 aromatic heterocycles. The molecule has 240 valence electrons. The molecule has 0 spiro atoms. The molecule has 0 saturated carbocycles. The first kappa shape index (κ1) is 35.3. The molecule has 14 heteroatoms. The number of phenols is 2. The Balaban J connectivity index is 2.22. The lowest BCUT2D eigenvalue weighted by atomic mass is 9.96. The molecule has 5 unspecified atom stereocenters. The summed E-state index contributed by atoms with van der Waals surface area (Å²) < 4.78 is 0. The Kier molecular flexibility index (Phi) is 13.9. The van der Waals surface area contributed by atoms with Gasteiger partial charge >= 0.3 is 5.97 Å². The number of benzene rings is 2. The summed E-state index contributed by atoms with van der Waals surface area (Å²) in [6.45, 7) is 3.83. The van der Waals surface area contributed by atoms with E-state index in [4.69, 9.17) is 17.2 Å². The molecule has 0 heterocycles. The van der Waals surface area contributed by atoms with Gasteiger partial charge in [0.2, 0.25) is 17.7 Å². The highest BCUT2D eigenvalue weighted by Gasteiger charge is 2.33. The van der Waals surface area contributed by atoms with Crippen LogP contribution in [0.25, 0.3) is 0 Å². The van der Waals surface area contributed by atoms with Gasteiger partial charge in [0.15, 0.2) is 5.96 Å². The number of carboxylic acids is 1. The Morgan fingerprint density at radius 1 is 0.795 bits per heavy atom. The van der Waals surface area contributed by atoms with E-state index in [9.17, 15) is 34.5 Å². The van der Waals surface area contributed by atoms with E-state index in [2.05, 4.69) is 20.9 Å². The Labute approximate surface area is 256 Å². The third-order valence-electron chi connectivity index (χ3n) is 7.10. The molecular formula is C30H43N7O7. The fraction of sp³-hybridized carbons (Fsp3) is 0.433. The van der Waals surface area contributed by atoms with E-state index >= 15 is 0 Å². The van der Waals surface area contributed by atoms with Crippen molar-refractivity contribution in [3.8, 4) is 11.5 Å². The first-order chi connectivity index (χ1) is 20.8. The number of hydrogen-bond acceptors (Lipinski definition) is 8. The van der Waals surface area contributed by atoms with E-state index < -0.39 is 53.8 Å². The van der Waals surface area contributed by atoms with Crippen molar-refractivity contribution in [1.82, 2.24) is 16.0 Å². The predicted octanol–water partition coefficient (Wildman–Crippen LogP) is -0.151. The van der Waals surface area contributed by atoms with E-state index in [1.165, 1.54) is 24.3 Å². The summed E-state index contributed by atoms with van der Waals surface area (Å²) in [7, 11) is 0. The summed E-state index contributed by atoms with van der Waals surface area (Å²) in [5.41, 5.74) is 17.9. The van der Waals surface area contributed by atoms with Crippen molar-refractivity contribution in [2.45, 2.75) is 70.1 Å². The SMILES string of the molecule is CCC(C)C(NC(=O)C(Cc1ccc(O)cc1)NC(=O)C(N)CCCN=C(N)N)C(=O)NC(Cc1ccc(O)cc1)C(=O)O. The van der Waals surface area contributed by atoms with Gasteiger partial charge in [-0.25, -0.2) is 4.79 Å². The number of rotatable bonds is 17. The number of aromatic hydroxyl groups is 2. The number of phenolic OH excluding ortho intramolecular Hbond substituents is 2. The predicted molar refractivity (Wildman–Crippen MR) is 164 cm³/mol. The van der Waals surface area contributed by atoms with Crippen LogP contribution in [0, 0.1) is 5.92 Å². The third-order valence-corrected chi connectivity index (χ3v) is 7.10. The maximum atomic E-state index is 13.6. The highest BCUT2D eigenvalue weighted by Crippen LogP contribution is 2.15. The molecule has 0 aliphatic heterocycles. The number of carbonyl (C=O) groups is 4. The first-order valence-corrected chi connectivity index (χ1v) is 14.3. The molecule has 12 N–H and O–H groups in total. The van der Waals surface area contributed by atoms with Crippen LogP contribution in [0.5, 0.6) is 11.5 Å². The minimum atomic E-state index is -1.31. The summed E-state index contributed by atoms with van der Waals surface area (Å²) in [6.07, 6.45) is 1.11. The lowest BCUT2D eigenvalue weighted by molar-refractivity contribution is -0.142. The molecule has 5 atom stereocenters. The highest BCUT2D eigenvalue weighted by atomic mass is 16.4. The van der Waals surface area contributed by atoms with Crippen LogP contribution >= 0.6 is 0 Å². The first-order valence-electron chi connectivity index (χ1n) is 14.3. The van der Waals surface area contributed by atoms with E-state index in [0.717, 1.165) is 0 Å². The van der Waals surface area contributed by atoms with Crippen LogP contribution in [0.3, 0.4) is 0 Å². The molecule has 2 rings (SSSR count). The van der Waals surface area contributed by atoms with Gasteiger partial charge in [-0.3, -0.25) is 19.4 Å². The highest BCUT2D eigenvalue weighted by molar-refractivity contribution is 5.94. The fourth-order valence-electron chi connectivity index (χ4n) is 4.29. The summed E-state index contributed by atoms with van der Waals surface area (Å²) in [6, 6.07) is 7.45. The number of hydrogen-bond donors (Lipinski definition) is 9. The number of carboxylic acid groups (broad SMARTS) is 1. The minimum Gasteiger partial charge on any atom is -0.508 e. The van der Waals surface area contributed by atoms with Crippen molar-refractivity contribution in [3.05, 3.63) is 59.7 Å². The lowest BCUT2D eigenvalue weighted by Crippen LogP contribution is -2.59. The van der Waals surface area contributed by atoms with Crippen LogP contribution in [0.15, 0.2) is 53.5 Å². The molecule has 2 aromatic rings. The van der Waals surface area contributed by atoms with Crippen molar-refractivity contribution < 1.29 is 34.5 Å². The number of guanidine groups is 1. The number of amides is 3. The van der Waals surface area contributed by atoms with Crippen LogP contribution in [0.2, 0.25) is 0 Å². The molecule has 2 aromatic carbocycles. The Morgan fingerprint density at radius 3 is 1.77 bits per heavy atom. The zero-order valence-corrected chi connectivity index (χ0v) is 24.9. The number of aliphatic imine (C=N–C) groups is 1. The van der Waals surface area contributed by atoms with E-state index in [1.807, 2.05) is 6.92 Å². The molecule has 0 fully saturated rings. The smallest absolute Gasteiger partial charge is 0.326 e. The summed E-state index contributed by atoms with van der Waals surface area (Å²) in [5.74, 6) is -3.69. The number of nitrogens with one attached hydrogen (secondary N) is 3. The number of nitrogens with zero attached hydrogens (tertiary/aromatic N) is 1. The van der Waals surface area contributed by atoms with Gasteiger partial charge < -0.3 is 48.5 Å². The van der Waals surface area contributed by atoms with Gasteiger partial charge in [0.1, 0.15) is 29.6 Å². The largest absolute Gasteiger partial charge is 0.508 e. The normalized spacial score (nSPS) is 14.2. The van der Waals surface area contributed by atoms with Gasteiger partial charge in [-0.15, -0.1) is 0 Å². The van der Waals surface area contributed by atoms with Crippen LogP contribution in [-0.2, 0) is 32.0 Å². The second kappa shape index (κ2) is 17.3. The number of carbonyl (C=O) groups excluding carboxylic acids is 3. The number of nitrogens with two attached hydrogens (primary N) is 3. The van der Waals surface area contributed by atoms with Gasteiger partial charge in [-0.2, -0.15) is 0 Å². The Bertz CT molecular complexity index is 1280.